The fourth-order valence-electron chi connectivity index (χ4n) is 8.21. The maximum atomic E-state index is 6.73. The van der Waals surface area contributed by atoms with Gasteiger partial charge in [0.25, 0.3) is 0 Å². The molecule has 1 aliphatic carbocycles. The molecule has 2 atom stereocenters. The van der Waals surface area contributed by atoms with Gasteiger partial charge in [0, 0.05) is 40.4 Å². The number of para-hydroxylation sites is 1. The Kier molecular flexibility index (Phi) is 11.8. The molecule has 0 radical (unpaired) electrons. The molecule has 5 nitrogen and oxygen atoms in total. The molecular formula is C47H54N4OPt. The summed E-state index contributed by atoms with van der Waals surface area (Å²) in [5.74, 6) is 4.63. The molecule has 1 aliphatic rings. The Morgan fingerprint density at radius 1 is 0.887 bits per heavy atom. The van der Waals surface area contributed by atoms with E-state index in [2.05, 4.69) is 144 Å². The number of allylic oxidation sites excluding steroid dienone is 2. The SMILES string of the molecule is CC1=CCC[C@H](C)C1c1c(C)nn(-c2[c-]c(Oc3[c-]c4c(cc3)c3ccccc3n4-c3cc(CC(C)C)ccn3)cc(C(C)C)c2)c1CCC(C)C.[Pt+2]. The van der Waals surface area contributed by atoms with Crippen molar-refractivity contribution in [2.24, 2.45) is 17.8 Å². The van der Waals surface area contributed by atoms with Crippen LogP contribution in [0.15, 0.2) is 78.5 Å². The Balaban J connectivity index is 0.00000481. The summed E-state index contributed by atoms with van der Waals surface area (Å²) < 4.78 is 11.1. The van der Waals surface area contributed by atoms with Crippen LogP contribution >= 0.6 is 0 Å². The van der Waals surface area contributed by atoms with Gasteiger partial charge < -0.3 is 9.30 Å². The molecule has 0 spiro atoms. The summed E-state index contributed by atoms with van der Waals surface area (Å²) in [7, 11) is 0. The third-order valence-corrected chi connectivity index (χ3v) is 10.8. The van der Waals surface area contributed by atoms with Gasteiger partial charge >= 0.3 is 21.1 Å². The predicted molar refractivity (Wildman–Crippen MR) is 215 cm³/mol. The Morgan fingerprint density at radius 2 is 1.68 bits per heavy atom. The summed E-state index contributed by atoms with van der Waals surface area (Å²) in [4.78, 5) is 4.85. The van der Waals surface area contributed by atoms with Crippen LogP contribution in [0.5, 0.6) is 11.5 Å². The van der Waals surface area contributed by atoms with Crippen LogP contribution in [0.1, 0.15) is 115 Å². The van der Waals surface area contributed by atoms with Crippen molar-refractivity contribution in [3.05, 3.63) is 119 Å². The number of aryl methyl sites for hydroxylation is 1. The van der Waals surface area contributed by atoms with E-state index in [4.69, 9.17) is 14.8 Å². The molecule has 53 heavy (non-hydrogen) atoms. The summed E-state index contributed by atoms with van der Waals surface area (Å²) in [6.45, 7) is 20.5. The molecule has 0 saturated carbocycles. The predicted octanol–water partition coefficient (Wildman–Crippen LogP) is 12.4. The minimum absolute atomic E-state index is 0. The van der Waals surface area contributed by atoms with Crippen LogP contribution in [0.3, 0.4) is 0 Å². The van der Waals surface area contributed by atoms with E-state index >= 15 is 0 Å². The smallest absolute Gasteiger partial charge is 0.509 e. The van der Waals surface area contributed by atoms with Crippen molar-refractivity contribution >= 4 is 21.8 Å². The van der Waals surface area contributed by atoms with E-state index in [-0.39, 0.29) is 21.1 Å². The molecule has 6 heteroatoms. The van der Waals surface area contributed by atoms with E-state index in [0.29, 0.717) is 41.1 Å². The zero-order chi connectivity index (χ0) is 36.7. The van der Waals surface area contributed by atoms with Crippen molar-refractivity contribution in [2.75, 3.05) is 0 Å². The molecule has 1 unspecified atom stereocenters. The quantitative estimate of drug-likeness (QED) is 0.0962. The summed E-state index contributed by atoms with van der Waals surface area (Å²) in [6, 6.07) is 28.7. The summed E-state index contributed by atoms with van der Waals surface area (Å²) >= 11 is 0. The fourth-order valence-corrected chi connectivity index (χ4v) is 8.21. The topological polar surface area (TPSA) is 44.9 Å². The number of rotatable bonds is 11. The van der Waals surface area contributed by atoms with Crippen molar-refractivity contribution in [2.45, 2.75) is 106 Å². The first-order valence-corrected chi connectivity index (χ1v) is 19.4. The summed E-state index contributed by atoms with van der Waals surface area (Å²) in [5, 5.41) is 7.56. The average Bonchev–Trinajstić information content (AvgIpc) is 3.60. The molecule has 3 heterocycles. The van der Waals surface area contributed by atoms with Crippen molar-refractivity contribution in [1.82, 2.24) is 19.3 Å². The van der Waals surface area contributed by atoms with E-state index in [9.17, 15) is 0 Å². The van der Waals surface area contributed by atoms with Crippen LogP contribution in [0, 0.1) is 36.8 Å². The second-order valence-corrected chi connectivity index (χ2v) is 16.2. The zero-order valence-corrected chi connectivity index (χ0v) is 35.1. The normalized spacial score (nSPS) is 16.2. The van der Waals surface area contributed by atoms with Gasteiger partial charge in [-0.3, -0.25) is 4.68 Å². The molecule has 0 aliphatic heterocycles. The molecule has 0 amide bonds. The van der Waals surface area contributed by atoms with Crippen molar-refractivity contribution in [1.29, 1.82) is 0 Å². The first-order valence-electron chi connectivity index (χ1n) is 19.4. The van der Waals surface area contributed by atoms with E-state index in [1.165, 1.54) is 39.8 Å². The largest absolute Gasteiger partial charge is 2.00 e. The average molecular weight is 886 g/mol. The van der Waals surface area contributed by atoms with Crippen LogP contribution in [-0.4, -0.2) is 19.3 Å². The molecule has 0 saturated heterocycles. The molecular weight excluding hydrogens is 832 g/mol. The minimum atomic E-state index is 0. The number of nitrogens with zero attached hydrogens (tertiary/aromatic N) is 4. The van der Waals surface area contributed by atoms with Crippen LogP contribution in [-0.2, 0) is 33.9 Å². The van der Waals surface area contributed by atoms with Gasteiger partial charge in [-0.1, -0.05) is 83.8 Å². The molecule has 0 bridgehead atoms. The van der Waals surface area contributed by atoms with Gasteiger partial charge in [0.05, 0.1) is 5.69 Å². The molecule has 3 aromatic carbocycles. The van der Waals surface area contributed by atoms with Gasteiger partial charge in [0.2, 0.25) is 0 Å². The number of hydrogen-bond donors (Lipinski definition) is 0. The number of benzene rings is 3. The third kappa shape index (κ3) is 7.97. The van der Waals surface area contributed by atoms with Gasteiger partial charge in [-0.15, -0.1) is 41.3 Å². The first-order chi connectivity index (χ1) is 25.0. The van der Waals surface area contributed by atoms with E-state index in [1.807, 2.05) is 12.3 Å². The van der Waals surface area contributed by atoms with Gasteiger partial charge in [-0.05, 0) is 104 Å². The maximum Gasteiger partial charge on any atom is 2.00 e. The van der Waals surface area contributed by atoms with Gasteiger partial charge in [0.1, 0.15) is 5.82 Å². The van der Waals surface area contributed by atoms with Gasteiger partial charge in [-0.2, -0.15) is 11.2 Å². The van der Waals surface area contributed by atoms with Gasteiger partial charge in [-0.25, -0.2) is 4.98 Å². The van der Waals surface area contributed by atoms with Crippen molar-refractivity contribution < 1.29 is 25.8 Å². The van der Waals surface area contributed by atoms with Crippen LogP contribution in [0.2, 0.25) is 0 Å². The second-order valence-electron chi connectivity index (χ2n) is 16.2. The second kappa shape index (κ2) is 16.2. The first kappa shape index (κ1) is 38.8. The number of pyridine rings is 1. The number of hydrogen-bond acceptors (Lipinski definition) is 3. The Labute approximate surface area is 331 Å². The zero-order valence-electron chi connectivity index (χ0n) is 32.9. The molecule has 6 aromatic rings. The van der Waals surface area contributed by atoms with Crippen LogP contribution in [0.25, 0.3) is 33.3 Å². The summed E-state index contributed by atoms with van der Waals surface area (Å²) in [5.41, 5.74) is 10.8. The van der Waals surface area contributed by atoms with Crippen molar-refractivity contribution in [3.8, 4) is 23.0 Å². The number of ether oxygens (including phenoxy) is 1. The van der Waals surface area contributed by atoms with E-state index in [1.54, 1.807) is 0 Å². The monoisotopic (exact) mass is 885 g/mol. The van der Waals surface area contributed by atoms with Crippen LogP contribution in [0.4, 0.5) is 0 Å². The molecule has 0 fully saturated rings. The van der Waals surface area contributed by atoms with Gasteiger partial charge in [0.15, 0.2) is 0 Å². The van der Waals surface area contributed by atoms with Crippen LogP contribution < -0.4 is 4.74 Å². The molecule has 7 rings (SSSR count). The van der Waals surface area contributed by atoms with Crippen molar-refractivity contribution in [3.63, 3.8) is 0 Å². The Bertz CT molecular complexity index is 2250. The van der Waals surface area contributed by atoms with E-state index in [0.717, 1.165) is 59.3 Å². The third-order valence-electron chi connectivity index (χ3n) is 10.8. The number of fused-ring (bicyclic) bond motifs is 3. The maximum absolute atomic E-state index is 6.73. The summed E-state index contributed by atoms with van der Waals surface area (Å²) in [6.07, 6.45) is 9.81. The minimum Gasteiger partial charge on any atom is -0.509 e. The number of aromatic nitrogens is 4. The van der Waals surface area contributed by atoms with E-state index < -0.39 is 0 Å². The Hall–Kier alpha value is -3.95. The standard InChI is InChI=1S/C47H54N4O.Pt/c1-29(2)17-20-43-47(46-32(7)13-12-14-33(46)8)34(9)49-51(43)37-25-36(31(5)6)26-39(27-37)52-38-18-19-41-40-15-10-11-16-42(40)50(44(41)28-38)45-24-35(21-22-48-45)23-30(3)4;/h10-11,13,15-16,18-19,21-22,24-26,29-31,33,46H,12,14,17,20,23H2,1-9H3;/q-2;+2/t33-,46?;/m0./s1. The Morgan fingerprint density at radius 3 is 2.42 bits per heavy atom. The fraction of sp³-hybridized carbons (Fsp3) is 0.404. The molecule has 3 aromatic heterocycles. The molecule has 278 valence electrons. The molecule has 0 N–H and O–H groups in total.